The van der Waals surface area contributed by atoms with Gasteiger partial charge in [0.25, 0.3) is 11.8 Å². The number of amides is 2. The van der Waals surface area contributed by atoms with Gasteiger partial charge in [0.15, 0.2) is 5.82 Å². The number of hydrogen-bond donors (Lipinski definition) is 2. The molecule has 2 N–H and O–H groups in total. The van der Waals surface area contributed by atoms with Crippen LogP contribution in [-0.4, -0.2) is 43.9 Å². The number of likely N-dealkylation sites (N-methyl/N-ethyl adjacent to an activating group) is 1. The van der Waals surface area contributed by atoms with Gasteiger partial charge < -0.3 is 20.3 Å². The molecule has 2 aliphatic heterocycles. The predicted molar refractivity (Wildman–Crippen MR) is 115 cm³/mol. The molecule has 9 heteroatoms. The van der Waals surface area contributed by atoms with Crippen LogP contribution in [0.2, 0.25) is 0 Å². The summed E-state index contributed by atoms with van der Waals surface area (Å²) in [6, 6.07) is 9.43. The molecular weight excluding hydrogens is 418 g/mol. The smallest absolute Gasteiger partial charge is 0.268 e. The summed E-state index contributed by atoms with van der Waals surface area (Å²) < 4.78 is 33.3. The average Bonchev–Trinajstić information content (AvgIpc) is 2.88. The summed E-state index contributed by atoms with van der Waals surface area (Å²) in [5, 5.41) is 5.67. The highest BCUT2D eigenvalue weighted by Crippen LogP contribution is 2.33. The standard InChI is InChI=1S/C23H22F2N4O3/c1-13-11-26-19(10-14-5-3-6-15(24)9-14)28-20(13)22(30)27-17-12-32-18-8-4-7-16(25)21(18)29(2)23(17)31/h3-9,17H,10-12H2,1-2H3,(H,26,28)(H,27,30). The molecular formula is C23H22F2N4O3. The van der Waals surface area contributed by atoms with Crippen molar-refractivity contribution in [2.24, 2.45) is 4.99 Å². The Morgan fingerprint density at radius 1 is 1.28 bits per heavy atom. The number of aliphatic imine (C=N–C) groups is 1. The minimum absolute atomic E-state index is 0.0324. The van der Waals surface area contributed by atoms with Gasteiger partial charge in [0.05, 0.1) is 6.54 Å². The van der Waals surface area contributed by atoms with E-state index in [4.69, 9.17) is 4.74 Å². The molecule has 0 fully saturated rings. The molecule has 0 aromatic heterocycles. The highest BCUT2D eigenvalue weighted by Gasteiger charge is 2.33. The summed E-state index contributed by atoms with van der Waals surface area (Å²) >= 11 is 0. The van der Waals surface area contributed by atoms with Crippen LogP contribution in [0.3, 0.4) is 0 Å². The number of amidine groups is 1. The van der Waals surface area contributed by atoms with Crippen molar-refractivity contribution < 1.29 is 23.1 Å². The number of anilines is 1. The second-order valence-corrected chi connectivity index (χ2v) is 7.67. The highest BCUT2D eigenvalue weighted by atomic mass is 19.1. The Balaban J connectivity index is 1.46. The molecule has 2 aromatic rings. The first kappa shape index (κ1) is 21.5. The van der Waals surface area contributed by atoms with Crippen molar-refractivity contribution in [2.75, 3.05) is 25.1 Å². The molecule has 2 amide bonds. The van der Waals surface area contributed by atoms with Crippen LogP contribution >= 0.6 is 0 Å². The van der Waals surface area contributed by atoms with Crippen molar-refractivity contribution in [3.8, 4) is 5.75 Å². The molecule has 166 valence electrons. The van der Waals surface area contributed by atoms with Crippen LogP contribution in [0.25, 0.3) is 0 Å². The quantitative estimate of drug-likeness (QED) is 0.765. The van der Waals surface area contributed by atoms with Gasteiger partial charge in [0.1, 0.15) is 41.4 Å². The van der Waals surface area contributed by atoms with Gasteiger partial charge >= 0.3 is 0 Å². The van der Waals surface area contributed by atoms with Gasteiger partial charge in [-0.3, -0.25) is 14.6 Å². The van der Waals surface area contributed by atoms with E-state index in [1.807, 2.05) is 0 Å². The van der Waals surface area contributed by atoms with Gasteiger partial charge in [-0.2, -0.15) is 0 Å². The summed E-state index contributed by atoms with van der Waals surface area (Å²) in [4.78, 5) is 31.4. The van der Waals surface area contributed by atoms with Gasteiger partial charge in [-0.1, -0.05) is 18.2 Å². The van der Waals surface area contributed by atoms with Crippen molar-refractivity contribution >= 4 is 23.3 Å². The molecule has 32 heavy (non-hydrogen) atoms. The average molecular weight is 440 g/mol. The second kappa shape index (κ2) is 8.78. The Morgan fingerprint density at radius 3 is 2.84 bits per heavy atom. The number of nitrogens with one attached hydrogen (secondary N) is 2. The van der Waals surface area contributed by atoms with E-state index in [0.29, 0.717) is 29.9 Å². The zero-order valence-electron chi connectivity index (χ0n) is 17.6. The molecule has 2 aliphatic rings. The molecule has 1 atom stereocenters. The molecule has 2 aromatic carbocycles. The summed E-state index contributed by atoms with van der Waals surface area (Å²) in [6.45, 7) is 1.92. The molecule has 0 saturated heterocycles. The highest BCUT2D eigenvalue weighted by molar-refractivity contribution is 6.05. The Labute approximate surface area is 183 Å². The fraction of sp³-hybridized carbons (Fsp3) is 0.261. The number of carbonyl (C=O) groups is 2. The first-order chi connectivity index (χ1) is 15.3. The molecule has 0 radical (unpaired) electrons. The van der Waals surface area contributed by atoms with Gasteiger partial charge in [-0.05, 0) is 42.3 Å². The zero-order valence-corrected chi connectivity index (χ0v) is 17.6. The van der Waals surface area contributed by atoms with Crippen molar-refractivity contribution in [1.82, 2.24) is 10.6 Å². The van der Waals surface area contributed by atoms with Crippen LogP contribution in [0.5, 0.6) is 5.75 Å². The van der Waals surface area contributed by atoms with E-state index in [-0.39, 0.29) is 29.6 Å². The second-order valence-electron chi connectivity index (χ2n) is 7.67. The molecule has 0 saturated carbocycles. The molecule has 2 heterocycles. The maximum absolute atomic E-state index is 14.2. The third-order valence-electron chi connectivity index (χ3n) is 5.32. The van der Waals surface area contributed by atoms with Crippen molar-refractivity contribution in [1.29, 1.82) is 0 Å². The Hall–Kier alpha value is -3.75. The van der Waals surface area contributed by atoms with E-state index in [0.717, 1.165) is 4.90 Å². The largest absolute Gasteiger partial charge is 0.489 e. The van der Waals surface area contributed by atoms with E-state index < -0.39 is 23.7 Å². The van der Waals surface area contributed by atoms with Gasteiger partial charge in [-0.25, -0.2) is 8.78 Å². The Kier molecular flexibility index (Phi) is 5.89. The van der Waals surface area contributed by atoms with E-state index >= 15 is 0 Å². The number of halogens is 2. The van der Waals surface area contributed by atoms with Crippen LogP contribution in [0.4, 0.5) is 14.5 Å². The number of hydrogen-bond acceptors (Lipinski definition) is 5. The molecule has 7 nitrogen and oxygen atoms in total. The summed E-state index contributed by atoms with van der Waals surface area (Å²) in [7, 11) is 1.44. The van der Waals surface area contributed by atoms with Gasteiger partial charge in [0.2, 0.25) is 0 Å². The van der Waals surface area contributed by atoms with Gasteiger partial charge in [-0.15, -0.1) is 0 Å². The van der Waals surface area contributed by atoms with Crippen LogP contribution in [0, 0.1) is 11.6 Å². The fourth-order valence-electron chi connectivity index (χ4n) is 3.63. The number of ether oxygens (including phenoxy) is 1. The number of para-hydroxylation sites is 1. The van der Waals surface area contributed by atoms with Crippen LogP contribution < -0.4 is 20.3 Å². The van der Waals surface area contributed by atoms with E-state index in [9.17, 15) is 18.4 Å². The Bertz CT molecular complexity index is 1150. The van der Waals surface area contributed by atoms with E-state index in [2.05, 4.69) is 15.6 Å². The summed E-state index contributed by atoms with van der Waals surface area (Å²) in [5.74, 6) is -1.19. The topological polar surface area (TPSA) is 83.0 Å². The molecule has 0 aliphatic carbocycles. The maximum atomic E-state index is 14.2. The number of benzene rings is 2. The van der Waals surface area contributed by atoms with Crippen LogP contribution in [0.1, 0.15) is 12.5 Å². The monoisotopic (exact) mass is 440 g/mol. The number of nitrogens with zero attached hydrogens (tertiary/aromatic N) is 2. The SMILES string of the molecule is CC1=C(C(=O)NC2COc3cccc(F)c3N(C)C2=O)NC(Cc2cccc(F)c2)=NC1. The van der Waals surface area contributed by atoms with Crippen molar-refractivity contribution in [2.45, 2.75) is 19.4 Å². The molecule has 0 spiro atoms. The molecule has 1 unspecified atom stereocenters. The lowest BCUT2D eigenvalue weighted by atomic mass is 10.1. The number of carbonyl (C=O) groups excluding carboxylic acids is 2. The Morgan fingerprint density at radius 2 is 2.06 bits per heavy atom. The lowest BCUT2D eigenvalue weighted by Crippen LogP contribution is -2.51. The first-order valence-electron chi connectivity index (χ1n) is 10.1. The summed E-state index contributed by atoms with van der Waals surface area (Å²) in [5.41, 5.74) is 1.71. The molecule has 4 rings (SSSR count). The minimum atomic E-state index is -1.01. The molecule has 0 bridgehead atoms. The van der Waals surface area contributed by atoms with Gasteiger partial charge in [0, 0.05) is 13.5 Å². The normalized spacial score (nSPS) is 18.2. The number of rotatable bonds is 4. The minimum Gasteiger partial charge on any atom is -0.489 e. The lowest BCUT2D eigenvalue weighted by molar-refractivity contribution is -0.126. The number of fused-ring (bicyclic) bond motifs is 1. The lowest BCUT2D eigenvalue weighted by Gasteiger charge is -2.24. The van der Waals surface area contributed by atoms with Crippen molar-refractivity contribution in [3.63, 3.8) is 0 Å². The predicted octanol–water partition coefficient (Wildman–Crippen LogP) is 2.32. The third kappa shape index (κ3) is 4.32. The van der Waals surface area contributed by atoms with Crippen LogP contribution in [0.15, 0.2) is 58.7 Å². The van der Waals surface area contributed by atoms with Crippen LogP contribution in [-0.2, 0) is 16.0 Å². The van der Waals surface area contributed by atoms with Crippen molar-refractivity contribution in [3.05, 3.63) is 70.9 Å². The zero-order chi connectivity index (χ0) is 22.8. The van der Waals surface area contributed by atoms with E-state index in [1.54, 1.807) is 25.1 Å². The maximum Gasteiger partial charge on any atom is 0.268 e. The first-order valence-corrected chi connectivity index (χ1v) is 10.1. The fourth-order valence-corrected chi connectivity index (χ4v) is 3.63. The summed E-state index contributed by atoms with van der Waals surface area (Å²) in [6.07, 6.45) is 0.324. The van der Waals surface area contributed by atoms with E-state index in [1.165, 1.54) is 31.3 Å². The third-order valence-corrected chi connectivity index (χ3v) is 5.32.